The van der Waals surface area contributed by atoms with Gasteiger partial charge in [0.05, 0.1) is 0 Å². The Balaban J connectivity index is 1.49. The third-order valence-electron chi connectivity index (χ3n) is 4.82. The Morgan fingerprint density at radius 1 is 1.21 bits per heavy atom. The Bertz CT molecular complexity index is 887. The van der Waals surface area contributed by atoms with Gasteiger partial charge in [0.1, 0.15) is 9.96 Å². The number of hydrogen-bond acceptors (Lipinski definition) is 5. The van der Waals surface area contributed by atoms with E-state index in [9.17, 15) is 13.2 Å². The van der Waals surface area contributed by atoms with Crippen molar-refractivity contribution in [1.29, 1.82) is 0 Å². The minimum Gasteiger partial charge on any atom is -0.483 e. The Morgan fingerprint density at radius 3 is 2.57 bits per heavy atom. The molecule has 1 aromatic heterocycles. The highest BCUT2D eigenvalue weighted by atomic mass is 32.2. The van der Waals surface area contributed by atoms with Crippen molar-refractivity contribution < 1.29 is 17.9 Å². The number of hydrogen-bond donors (Lipinski definition) is 1. The van der Waals surface area contributed by atoms with Gasteiger partial charge in [-0.3, -0.25) is 4.79 Å². The first-order chi connectivity index (χ1) is 13.4. The zero-order chi connectivity index (χ0) is 20.1. The minimum atomic E-state index is -3.47. The lowest BCUT2D eigenvalue weighted by Crippen LogP contribution is -2.47. The zero-order valence-corrected chi connectivity index (χ0v) is 17.8. The number of rotatable bonds is 7. The third kappa shape index (κ3) is 5.12. The van der Waals surface area contributed by atoms with Gasteiger partial charge in [-0.25, -0.2) is 13.1 Å². The van der Waals surface area contributed by atoms with E-state index in [1.807, 2.05) is 24.3 Å². The maximum atomic E-state index is 12.5. The Labute approximate surface area is 170 Å². The predicted octanol–water partition coefficient (Wildman–Crippen LogP) is 3.22. The van der Waals surface area contributed by atoms with E-state index < -0.39 is 10.0 Å². The molecule has 0 unspecified atom stereocenters. The number of para-hydroxylation sites is 1. The molecular formula is C20H26N2O4S2. The second kappa shape index (κ2) is 9.07. The van der Waals surface area contributed by atoms with Crippen molar-refractivity contribution in [3.63, 3.8) is 0 Å². The number of sulfonamides is 1. The number of piperidine rings is 1. The van der Waals surface area contributed by atoms with Crippen molar-refractivity contribution >= 4 is 27.3 Å². The SMILES string of the molecule is CC(C)c1ccccc1OCC(=O)N1CCC(NS(=O)(=O)c2cccs2)CC1. The molecule has 1 saturated heterocycles. The van der Waals surface area contributed by atoms with Crippen LogP contribution >= 0.6 is 11.3 Å². The van der Waals surface area contributed by atoms with Crippen LogP contribution in [-0.4, -0.2) is 45.0 Å². The van der Waals surface area contributed by atoms with E-state index in [2.05, 4.69) is 18.6 Å². The summed E-state index contributed by atoms with van der Waals surface area (Å²) in [6, 6.07) is 10.9. The molecule has 1 N–H and O–H groups in total. The first-order valence-electron chi connectivity index (χ1n) is 9.42. The average molecular weight is 423 g/mol. The van der Waals surface area contributed by atoms with Crippen molar-refractivity contribution in [2.24, 2.45) is 0 Å². The van der Waals surface area contributed by atoms with E-state index in [4.69, 9.17) is 4.74 Å². The standard InChI is InChI=1S/C20H26N2O4S2/c1-15(2)17-6-3-4-7-18(17)26-14-19(23)22-11-9-16(10-12-22)21-28(24,25)20-8-5-13-27-20/h3-8,13,15-16,21H,9-12,14H2,1-2H3. The number of carbonyl (C=O) groups is 1. The summed E-state index contributed by atoms with van der Waals surface area (Å²) in [6.07, 6.45) is 1.19. The fraction of sp³-hybridized carbons (Fsp3) is 0.450. The van der Waals surface area contributed by atoms with E-state index in [0.717, 1.165) is 11.3 Å². The summed E-state index contributed by atoms with van der Waals surface area (Å²) in [7, 11) is -3.47. The lowest BCUT2D eigenvalue weighted by atomic mass is 10.0. The maximum Gasteiger partial charge on any atom is 0.260 e. The molecular weight excluding hydrogens is 396 g/mol. The van der Waals surface area contributed by atoms with Gasteiger partial charge in [-0.15, -0.1) is 11.3 Å². The van der Waals surface area contributed by atoms with Crippen LogP contribution in [0.3, 0.4) is 0 Å². The highest BCUT2D eigenvalue weighted by Gasteiger charge is 2.27. The smallest absolute Gasteiger partial charge is 0.260 e. The Hall–Kier alpha value is -1.90. The summed E-state index contributed by atoms with van der Waals surface area (Å²) < 4.78 is 33.5. The molecule has 3 rings (SSSR count). The van der Waals surface area contributed by atoms with Gasteiger partial charge in [-0.05, 0) is 41.8 Å². The van der Waals surface area contributed by atoms with Crippen LogP contribution < -0.4 is 9.46 Å². The molecule has 1 aliphatic rings. The molecule has 0 saturated carbocycles. The molecule has 2 heterocycles. The first-order valence-corrected chi connectivity index (χ1v) is 11.8. The second-order valence-corrected chi connectivity index (χ2v) is 10.1. The third-order valence-corrected chi connectivity index (χ3v) is 7.74. The van der Waals surface area contributed by atoms with Crippen molar-refractivity contribution in [2.75, 3.05) is 19.7 Å². The topological polar surface area (TPSA) is 75.7 Å². The van der Waals surface area contributed by atoms with Gasteiger partial charge < -0.3 is 9.64 Å². The summed E-state index contributed by atoms with van der Waals surface area (Å²) >= 11 is 1.20. The normalized spacial score (nSPS) is 15.8. The molecule has 6 nitrogen and oxygen atoms in total. The number of thiophene rings is 1. The number of ether oxygens (including phenoxy) is 1. The van der Waals surface area contributed by atoms with Gasteiger partial charge in [-0.1, -0.05) is 38.1 Å². The van der Waals surface area contributed by atoms with Gasteiger partial charge in [0.2, 0.25) is 10.0 Å². The molecule has 0 radical (unpaired) electrons. The molecule has 0 aliphatic carbocycles. The van der Waals surface area contributed by atoms with Crippen molar-refractivity contribution in [3.8, 4) is 5.75 Å². The van der Waals surface area contributed by atoms with Crippen LogP contribution in [0.2, 0.25) is 0 Å². The highest BCUT2D eigenvalue weighted by Crippen LogP contribution is 2.26. The van der Waals surface area contributed by atoms with Gasteiger partial charge in [0.15, 0.2) is 6.61 Å². The van der Waals surface area contributed by atoms with Crippen LogP contribution in [-0.2, 0) is 14.8 Å². The summed E-state index contributed by atoms with van der Waals surface area (Å²) in [5.74, 6) is 0.987. The van der Waals surface area contributed by atoms with E-state index in [0.29, 0.717) is 36.1 Å². The monoisotopic (exact) mass is 422 g/mol. The van der Waals surface area contributed by atoms with Crippen LogP contribution in [0.1, 0.15) is 38.2 Å². The molecule has 1 fully saturated rings. The zero-order valence-electron chi connectivity index (χ0n) is 16.1. The average Bonchev–Trinajstić information content (AvgIpc) is 3.22. The molecule has 2 aromatic rings. The van der Waals surface area contributed by atoms with E-state index >= 15 is 0 Å². The minimum absolute atomic E-state index is 0.00464. The molecule has 0 spiro atoms. The summed E-state index contributed by atoms with van der Waals surface area (Å²) in [6.45, 7) is 5.21. The van der Waals surface area contributed by atoms with Crippen LogP contribution in [0.15, 0.2) is 46.0 Å². The highest BCUT2D eigenvalue weighted by molar-refractivity contribution is 7.91. The number of likely N-dealkylation sites (tertiary alicyclic amines) is 1. The first kappa shape index (κ1) is 20.8. The molecule has 1 aliphatic heterocycles. The van der Waals surface area contributed by atoms with Gasteiger partial charge in [0, 0.05) is 19.1 Å². The predicted molar refractivity (Wildman–Crippen MR) is 110 cm³/mol. The molecule has 28 heavy (non-hydrogen) atoms. The van der Waals surface area contributed by atoms with E-state index in [1.165, 1.54) is 11.3 Å². The number of carbonyl (C=O) groups excluding carboxylic acids is 1. The molecule has 8 heteroatoms. The second-order valence-electron chi connectivity index (χ2n) is 7.19. The molecule has 0 atom stereocenters. The molecule has 1 aromatic carbocycles. The Morgan fingerprint density at radius 2 is 1.93 bits per heavy atom. The lowest BCUT2D eigenvalue weighted by molar-refractivity contribution is -0.134. The fourth-order valence-corrected chi connectivity index (χ4v) is 5.57. The van der Waals surface area contributed by atoms with Crippen molar-refractivity contribution in [2.45, 2.75) is 42.9 Å². The quantitative estimate of drug-likeness (QED) is 0.743. The molecule has 0 bridgehead atoms. The van der Waals surface area contributed by atoms with Gasteiger partial charge in [-0.2, -0.15) is 0 Å². The van der Waals surface area contributed by atoms with Crippen molar-refractivity contribution in [3.05, 3.63) is 47.3 Å². The largest absolute Gasteiger partial charge is 0.483 e. The van der Waals surface area contributed by atoms with Crippen LogP contribution in [0, 0.1) is 0 Å². The molecule has 152 valence electrons. The summed E-state index contributed by atoms with van der Waals surface area (Å²) in [5, 5.41) is 1.74. The number of amides is 1. The summed E-state index contributed by atoms with van der Waals surface area (Å²) in [5.41, 5.74) is 1.08. The van der Waals surface area contributed by atoms with Crippen LogP contribution in [0.4, 0.5) is 0 Å². The number of nitrogens with one attached hydrogen (secondary N) is 1. The van der Waals surface area contributed by atoms with Crippen LogP contribution in [0.25, 0.3) is 0 Å². The van der Waals surface area contributed by atoms with Crippen LogP contribution in [0.5, 0.6) is 5.75 Å². The fourth-order valence-electron chi connectivity index (χ4n) is 3.26. The van der Waals surface area contributed by atoms with Gasteiger partial charge >= 0.3 is 0 Å². The van der Waals surface area contributed by atoms with E-state index in [-0.39, 0.29) is 18.6 Å². The number of benzene rings is 1. The Kier molecular flexibility index (Phi) is 6.74. The lowest BCUT2D eigenvalue weighted by Gasteiger charge is -2.32. The summed E-state index contributed by atoms with van der Waals surface area (Å²) in [4.78, 5) is 14.2. The molecule has 1 amide bonds. The van der Waals surface area contributed by atoms with Crippen molar-refractivity contribution in [1.82, 2.24) is 9.62 Å². The maximum absolute atomic E-state index is 12.5. The number of nitrogens with zero attached hydrogens (tertiary/aromatic N) is 1. The van der Waals surface area contributed by atoms with Gasteiger partial charge in [0.25, 0.3) is 5.91 Å². The van der Waals surface area contributed by atoms with E-state index in [1.54, 1.807) is 22.4 Å².